The highest BCUT2D eigenvalue weighted by molar-refractivity contribution is 7.49. The van der Waals surface area contributed by atoms with Crippen molar-refractivity contribution in [3.8, 4) is 0 Å². The molecule has 5 heteroatoms. The van der Waals surface area contributed by atoms with Gasteiger partial charge in [0.1, 0.15) is 6.10 Å². The maximum Gasteiger partial charge on any atom is 0.596 e. The number of rotatable bonds is 3. The zero-order chi connectivity index (χ0) is 16.0. The highest BCUT2D eigenvalue weighted by Gasteiger charge is 2.48. The Labute approximate surface area is 137 Å². The highest BCUT2D eigenvalue weighted by Crippen LogP contribution is 2.47. The van der Waals surface area contributed by atoms with E-state index in [0.29, 0.717) is 6.10 Å². The van der Waals surface area contributed by atoms with Crippen LogP contribution in [0.15, 0.2) is 54.6 Å². The smallest absolute Gasteiger partial charge is 0.365 e. The van der Waals surface area contributed by atoms with Crippen molar-refractivity contribution in [2.75, 3.05) is 15.9 Å². The Hall–Kier alpha value is -1.90. The van der Waals surface area contributed by atoms with Gasteiger partial charge in [0, 0.05) is 0 Å². The van der Waals surface area contributed by atoms with Gasteiger partial charge in [-0.25, -0.2) is 0 Å². The molecule has 2 aromatic carbocycles. The van der Waals surface area contributed by atoms with E-state index >= 15 is 0 Å². The standard InChI is InChI=1S/C18H20N2O2P/c1-13-12-19(16-6-4-3-5-7-16)23(21)20(13)17-10-8-15(9-11-17)18-14(2)22-18/h3-11,13-14,18H,12H2,1-2H3/q+1/t13?,14-,18-/m1/s1. The molecular formula is C18H20N2O2P+. The topological polar surface area (TPSA) is 36.1 Å². The summed E-state index contributed by atoms with van der Waals surface area (Å²) in [7, 11) is -1.62. The SMILES string of the molecule is CC1CN(c2ccccc2)[P+](=O)N1c1ccc([C@@H]2O[C@@H]2C)cc1. The van der Waals surface area contributed by atoms with E-state index in [1.165, 1.54) is 5.56 Å². The van der Waals surface area contributed by atoms with E-state index in [1.807, 2.05) is 39.7 Å². The van der Waals surface area contributed by atoms with Crippen LogP contribution in [-0.2, 0) is 9.30 Å². The third-order valence-electron chi connectivity index (χ3n) is 4.50. The van der Waals surface area contributed by atoms with E-state index < -0.39 is 8.10 Å². The molecule has 4 nitrogen and oxygen atoms in total. The van der Waals surface area contributed by atoms with Crippen molar-refractivity contribution in [3.63, 3.8) is 0 Å². The molecule has 4 rings (SSSR count). The molecule has 0 aromatic heterocycles. The zero-order valence-corrected chi connectivity index (χ0v) is 14.2. The van der Waals surface area contributed by atoms with Crippen molar-refractivity contribution in [1.82, 2.24) is 0 Å². The van der Waals surface area contributed by atoms with Crippen LogP contribution >= 0.6 is 8.10 Å². The summed E-state index contributed by atoms with van der Waals surface area (Å²) in [5, 5.41) is 0. The molecule has 2 aliphatic rings. The largest absolute Gasteiger partial charge is 0.596 e. The normalized spacial score (nSPS) is 28.3. The van der Waals surface area contributed by atoms with Crippen LogP contribution in [0.2, 0.25) is 0 Å². The molecule has 0 spiro atoms. The third kappa shape index (κ3) is 2.62. The van der Waals surface area contributed by atoms with E-state index in [0.717, 1.165) is 17.9 Å². The predicted octanol–water partition coefficient (Wildman–Crippen LogP) is 4.52. The lowest BCUT2D eigenvalue weighted by Crippen LogP contribution is -2.23. The molecule has 2 fully saturated rings. The number of nitrogens with zero attached hydrogens (tertiary/aromatic N) is 2. The summed E-state index contributed by atoms with van der Waals surface area (Å²) in [6.07, 6.45) is 0.548. The van der Waals surface area contributed by atoms with Gasteiger partial charge >= 0.3 is 8.10 Å². The molecule has 0 saturated carbocycles. The maximum absolute atomic E-state index is 13.0. The second kappa shape index (κ2) is 5.63. The number of anilines is 2. The summed E-state index contributed by atoms with van der Waals surface area (Å²) in [5.74, 6) is 0. The van der Waals surface area contributed by atoms with Crippen molar-refractivity contribution >= 4 is 19.5 Å². The molecule has 4 atom stereocenters. The Morgan fingerprint density at radius 2 is 1.65 bits per heavy atom. The second-order valence-electron chi connectivity index (χ2n) is 6.22. The Morgan fingerprint density at radius 3 is 2.26 bits per heavy atom. The molecule has 2 aromatic rings. The van der Waals surface area contributed by atoms with Gasteiger partial charge in [-0.3, -0.25) is 0 Å². The Morgan fingerprint density at radius 1 is 1.00 bits per heavy atom. The van der Waals surface area contributed by atoms with Crippen molar-refractivity contribution < 1.29 is 9.30 Å². The molecule has 0 aliphatic carbocycles. The summed E-state index contributed by atoms with van der Waals surface area (Å²) in [6.45, 7) is 4.97. The molecule has 2 unspecified atom stereocenters. The minimum absolute atomic E-state index is 0.209. The first-order chi connectivity index (χ1) is 11.1. The average Bonchev–Trinajstić information content (AvgIpc) is 3.23. The van der Waals surface area contributed by atoms with E-state index in [1.54, 1.807) is 0 Å². The Balaban J connectivity index is 1.58. The van der Waals surface area contributed by atoms with E-state index in [9.17, 15) is 4.57 Å². The van der Waals surface area contributed by atoms with Crippen LogP contribution in [0.25, 0.3) is 0 Å². The van der Waals surface area contributed by atoms with Crippen molar-refractivity contribution in [3.05, 3.63) is 60.2 Å². The zero-order valence-electron chi connectivity index (χ0n) is 13.3. The van der Waals surface area contributed by atoms with Gasteiger partial charge in [0.2, 0.25) is 0 Å². The minimum atomic E-state index is -1.62. The van der Waals surface area contributed by atoms with Crippen LogP contribution in [-0.4, -0.2) is 18.7 Å². The van der Waals surface area contributed by atoms with Gasteiger partial charge in [-0.2, -0.15) is 0 Å². The number of para-hydroxylation sites is 1. The average molecular weight is 327 g/mol. The molecule has 0 amide bonds. The van der Waals surface area contributed by atoms with Gasteiger partial charge in [0.15, 0.2) is 0 Å². The van der Waals surface area contributed by atoms with Crippen LogP contribution < -0.4 is 9.34 Å². The lowest BCUT2D eigenvalue weighted by atomic mass is 10.1. The highest BCUT2D eigenvalue weighted by atomic mass is 31.1. The Kier molecular flexibility index (Phi) is 3.59. The first kappa shape index (κ1) is 14.7. The van der Waals surface area contributed by atoms with Crippen LogP contribution in [0.3, 0.4) is 0 Å². The number of epoxide rings is 1. The molecule has 0 N–H and O–H groups in total. The first-order valence-corrected chi connectivity index (χ1v) is 9.16. The lowest BCUT2D eigenvalue weighted by molar-refractivity contribution is 0.383. The molecule has 0 bridgehead atoms. The monoisotopic (exact) mass is 327 g/mol. The summed E-state index contributed by atoms with van der Waals surface area (Å²) in [4.78, 5) is 0. The number of hydrogen-bond acceptors (Lipinski definition) is 2. The second-order valence-corrected chi connectivity index (χ2v) is 7.64. The molecular weight excluding hydrogens is 307 g/mol. The fourth-order valence-corrected chi connectivity index (χ4v) is 4.87. The van der Waals surface area contributed by atoms with Crippen molar-refractivity contribution in [1.29, 1.82) is 0 Å². The van der Waals surface area contributed by atoms with Gasteiger partial charge in [0.05, 0.1) is 30.1 Å². The van der Waals surface area contributed by atoms with Gasteiger partial charge in [0.25, 0.3) is 0 Å². The fraction of sp³-hybridized carbons (Fsp3) is 0.333. The summed E-state index contributed by atoms with van der Waals surface area (Å²) < 4.78 is 22.5. The van der Waals surface area contributed by atoms with Crippen molar-refractivity contribution in [2.45, 2.75) is 32.1 Å². The van der Waals surface area contributed by atoms with Gasteiger partial charge in [-0.1, -0.05) is 30.3 Å². The molecule has 2 aliphatic heterocycles. The molecule has 23 heavy (non-hydrogen) atoms. The summed E-state index contributed by atoms with van der Waals surface area (Å²) >= 11 is 0. The van der Waals surface area contributed by atoms with Gasteiger partial charge < -0.3 is 4.74 Å². The predicted molar refractivity (Wildman–Crippen MR) is 93.1 cm³/mol. The Bertz CT molecular complexity index is 720. The minimum Gasteiger partial charge on any atom is -0.365 e. The number of benzene rings is 2. The van der Waals surface area contributed by atoms with Crippen LogP contribution in [0.4, 0.5) is 11.4 Å². The fourth-order valence-electron chi connectivity index (χ4n) is 3.19. The van der Waals surface area contributed by atoms with E-state index in [-0.39, 0.29) is 12.1 Å². The van der Waals surface area contributed by atoms with E-state index in [4.69, 9.17) is 4.74 Å². The maximum atomic E-state index is 13.0. The van der Waals surface area contributed by atoms with Crippen LogP contribution in [0.5, 0.6) is 0 Å². The first-order valence-electron chi connectivity index (χ1n) is 7.99. The number of hydrogen-bond donors (Lipinski definition) is 0. The third-order valence-corrected chi connectivity index (χ3v) is 6.30. The summed E-state index contributed by atoms with van der Waals surface area (Å²) in [5.41, 5.74) is 3.22. The van der Waals surface area contributed by atoms with Gasteiger partial charge in [-0.05, 0) is 48.2 Å². The number of ether oxygens (including phenoxy) is 1. The van der Waals surface area contributed by atoms with Crippen LogP contribution in [0, 0.1) is 0 Å². The lowest BCUT2D eigenvalue weighted by Gasteiger charge is -2.11. The van der Waals surface area contributed by atoms with E-state index in [2.05, 4.69) is 38.1 Å². The molecule has 118 valence electrons. The molecule has 0 radical (unpaired) electrons. The molecule has 2 heterocycles. The molecule has 2 saturated heterocycles. The van der Waals surface area contributed by atoms with Gasteiger partial charge in [-0.15, -0.1) is 9.34 Å². The van der Waals surface area contributed by atoms with Crippen molar-refractivity contribution in [2.24, 2.45) is 0 Å². The summed E-state index contributed by atoms with van der Waals surface area (Å²) in [6, 6.07) is 18.5. The quantitative estimate of drug-likeness (QED) is 0.613. The van der Waals surface area contributed by atoms with Crippen LogP contribution in [0.1, 0.15) is 25.5 Å².